The highest BCUT2D eigenvalue weighted by Gasteiger charge is 2.55. The number of Topliss-reactive ketones (excluding diaryl/α,β-unsaturated/α-hetero) is 1. The zero-order chi connectivity index (χ0) is 70.2. The van der Waals surface area contributed by atoms with Crippen molar-refractivity contribution in [1.29, 1.82) is 0 Å². The highest BCUT2D eigenvalue weighted by Crippen LogP contribution is 2.53. The fourth-order valence-corrected chi connectivity index (χ4v) is 12.8. The van der Waals surface area contributed by atoms with Gasteiger partial charge in [-0.3, -0.25) is 48.2 Å². The third-order valence-corrected chi connectivity index (χ3v) is 18.1. The third kappa shape index (κ3) is 16.3. The number of phenols is 2. The number of primary amides is 1. The highest BCUT2D eigenvalue weighted by atomic mass is 16.7. The van der Waals surface area contributed by atoms with E-state index in [-0.39, 0.29) is 110 Å². The Hall–Kier alpha value is -9.11. The minimum atomic E-state index is -2.49. The molecule has 3 saturated heterocycles. The van der Waals surface area contributed by atoms with Crippen molar-refractivity contribution in [3.63, 3.8) is 0 Å². The topological polar surface area (TPSA) is 409 Å². The maximum atomic E-state index is 14.3. The molecule has 0 aromatic heterocycles. The van der Waals surface area contributed by atoms with Crippen LogP contribution in [0.25, 0.3) is 0 Å². The van der Waals surface area contributed by atoms with E-state index in [1.165, 1.54) is 63.6 Å². The number of benzene rings is 3. The van der Waals surface area contributed by atoms with Crippen LogP contribution in [0.15, 0.2) is 54.6 Å². The molecule has 0 unspecified atom stereocenters. The first-order valence-electron chi connectivity index (χ1n) is 32.0. The van der Waals surface area contributed by atoms with Crippen molar-refractivity contribution in [2.45, 2.75) is 146 Å². The number of fused-ring (bicyclic) bond motifs is 6. The molecule has 9 N–H and O–H groups in total. The first-order valence-corrected chi connectivity index (χ1v) is 32.0. The van der Waals surface area contributed by atoms with Gasteiger partial charge >= 0.3 is 18.2 Å². The van der Waals surface area contributed by atoms with Gasteiger partial charge in [0.05, 0.1) is 42.6 Å². The second-order valence-electron chi connectivity index (χ2n) is 25.0. The Balaban J connectivity index is 0.774. The number of aliphatic hydroxyl groups is 1. The lowest BCUT2D eigenvalue weighted by Gasteiger charge is -2.43. The molecule has 4 aliphatic heterocycles. The molecule has 31 nitrogen and oxygen atoms in total. The molecule has 4 heterocycles. The SMILES string of the molecule is COc1cccc2c1C(=O)c1c(O)c3c(c(O)c1C2=O)C[C@@](O)(C(=O)COC(=O)N(C)CCN(C)C(=O)OCc1ccc(NC(=O)[C@@H](CCCNC(N)=O)NC(=O)[C@H](NC(=O)CCCCCN2C(=O)C=CC2=O)C(C)C)cc1)C[C@@H]3O[C@H]1C[C@H]2[C@H](O[C@@H]3[C@@H](OC)OCCN32)[C@H](C)O1. The summed E-state index contributed by atoms with van der Waals surface area (Å²) in [6.07, 6.45) is -3.56. The van der Waals surface area contributed by atoms with E-state index in [4.69, 9.17) is 43.6 Å². The maximum absolute atomic E-state index is 14.3. The van der Waals surface area contributed by atoms with Crippen LogP contribution in [0, 0.1) is 5.92 Å². The molecule has 3 aromatic carbocycles. The number of likely N-dealkylation sites (N-methyl/N-ethyl adjacent to an activating group) is 2. The number of carbonyl (C=O) groups is 11. The molecule has 9 rings (SSSR count). The molecule has 9 amide bonds. The number of ketones is 3. The number of urea groups is 1. The number of phenolic OH excluding ortho intramolecular Hbond substituents is 2. The summed E-state index contributed by atoms with van der Waals surface area (Å²) in [4.78, 5) is 150. The van der Waals surface area contributed by atoms with Crippen LogP contribution in [-0.4, -0.2) is 229 Å². The van der Waals surface area contributed by atoms with Gasteiger partial charge in [0.25, 0.3) is 11.8 Å². The second kappa shape index (κ2) is 31.4. The Morgan fingerprint density at radius 2 is 1.52 bits per heavy atom. The van der Waals surface area contributed by atoms with Crippen LogP contribution >= 0.6 is 0 Å². The van der Waals surface area contributed by atoms with E-state index < -0.39 is 150 Å². The Bertz CT molecular complexity index is 3550. The summed E-state index contributed by atoms with van der Waals surface area (Å²) in [6.45, 7) is 4.96. The van der Waals surface area contributed by atoms with Gasteiger partial charge in [-0.25, -0.2) is 14.4 Å². The van der Waals surface area contributed by atoms with E-state index in [1.807, 2.05) is 0 Å². The standard InChI is InChI=1S/C66H83N9O22/c1-34(2)53(71-45(77)16-9-8-10-24-75-46(78)21-22-47(75)79)60(85)70-40(14-12-23-68-63(67)86)59(84)69-37-19-17-36(18-20-37)32-93-64(87)72(4)25-26-73(5)65(88)94-33-44(76)66(89)30-39-50(57(83)52-51(55(39)81)54(80)38-13-11-15-42(90-6)49(38)56(52)82)43(31-66)96-48-29-41-58(35(3)95-48)97-61-62(91-7)92-28-27-74(41)61/h11,13,15,17-22,34-35,40-41,43,48,53,58,61-62,81,83,89H,8-10,12,14,16,23-33H2,1-7H3,(H,69,84)(H,70,85)(H,71,77)(H3,67,68,86)/t35-,40+,41-,43-,48-,53+,58+,61+,62-,66-/m0/s1. The molecule has 3 aromatic rings. The van der Waals surface area contributed by atoms with Gasteiger partial charge in [0.15, 0.2) is 31.2 Å². The van der Waals surface area contributed by atoms with Crippen LogP contribution in [0.4, 0.5) is 20.1 Å². The van der Waals surface area contributed by atoms with Crippen molar-refractivity contribution in [3.8, 4) is 17.2 Å². The fourth-order valence-electron chi connectivity index (χ4n) is 12.8. The summed E-state index contributed by atoms with van der Waals surface area (Å²) in [5.74, 6) is -6.96. The lowest BCUT2D eigenvalue weighted by molar-refractivity contribution is -0.256. The van der Waals surface area contributed by atoms with E-state index in [9.17, 15) is 68.1 Å². The molecule has 3 fully saturated rings. The Morgan fingerprint density at radius 3 is 2.19 bits per heavy atom. The van der Waals surface area contributed by atoms with Crippen LogP contribution in [0.5, 0.6) is 17.2 Å². The molecule has 0 radical (unpaired) electrons. The van der Waals surface area contributed by atoms with E-state index in [1.54, 1.807) is 45.0 Å². The number of amides is 9. The van der Waals surface area contributed by atoms with E-state index >= 15 is 0 Å². The molecule has 97 heavy (non-hydrogen) atoms. The van der Waals surface area contributed by atoms with Crippen molar-refractivity contribution in [3.05, 3.63) is 93.6 Å². The van der Waals surface area contributed by atoms with Gasteiger partial charge in [0.2, 0.25) is 29.3 Å². The van der Waals surface area contributed by atoms with Gasteiger partial charge < -0.3 is 90.0 Å². The number of nitrogens with zero attached hydrogens (tertiary/aromatic N) is 4. The molecule has 524 valence electrons. The fraction of sp³-hybridized carbons (Fsp3) is 0.530. The predicted octanol–water partition coefficient (Wildman–Crippen LogP) is 2.55. The lowest BCUT2D eigenvalue weighted by atomic mass is 9.72. The molecule has 0 bridgehead atoms. The van der Waals surface area contributed by atoms with Crippen molar-refractivity contribution in [1.82, 2.24) is 35.6 Å². The number of morpholine rings is 1. The summed E-state index contributed by atoms with van der Waals surface area (Å²) in [6, 6.07) is 7.37. The average Bonchev–Trinajstić information content (AvgIpc) is 1.30. The number of aromatic hydroxyl groups is 2. The molecule has 0 saturated carbocycles. The van der Waals surface area contributed by atoms with Gasteiger partial charge in [-0.1, -0.05) is 44.5 Å². The molecule has 10 atom stereocenters. The molecule has 6 aliphatic rings. The van der Waals surface area contributed by atoms with E-state index in [2.05, 4.69) is 26.2 Å². The summed E-state index contributed by atoms with van der Waals surface area (Å²) >= 11 is 0. The molecule has 2 aliphatic carbocycles. The van der Waals surface area contributed by atoms with Crippen LogP contribution in [0.2, 0.25) is 0 Å². The predicted molar refractivity (Wildman–Crippen MR) is 338 cm³/mol. The summed E-state index contributed by atoms with van der Waals surface area (Å²) in [7, 11) is 5.57. The minimum absolute atomic E-state index is 0.0440. The number of anilines is 1. The normalized spacial score (nSPS) is 23.0. The number of carbonyl (C=O) groups excluding carboxylic acids is 11. The molecule has 31 heteroatoms. The maximum Gasteiger partial charge on any atom is 0.409 e. The van der Waals surface area contributed by atoms with E-state index in [0.29, 0.717) is 43.7 Å². The zero-order valence-corrected chi connectivity index (χ0v) is 55.0. The Kier molecular flexibility index (Phi) is 23.4. The summed E-state index contributed by atoms with van der Waals surface area (Å²) < 4.78 is 46.9. The van der Waals surface area contributed by atoms with Gasteiger partial charge in [-0.05, 0) is 62.3 Å². The van der Waals surface area contributed by atoms with Crippen molar-refractivity contribution in [2.24, 2.45) is 11.7 Å². The average molecular weight is 1350 g/mol. The van der Waals surface area contributed by atoms with Gasteiger partial charge in [0, 0.05) is 120 Å². The van der Waals surface area contributed by atoms with Crippen LogP contribution in [0.3, 0.4) is 0 Å². The van der Waals surface area contributed by atoms with Gasteiger partial charge in [-0.2, -0.15) is 0 Å². The number of rotatable bonds is 28. The number of hydrogen-bond acceptors (Lipinski definition) is 23. The number of nitrogens with two attached hydrogens (primary N) is 1. The number of methoxy groups -OCH3 is 2. The third-order valence-electron chi connectivity index (χ3n) is 18.1. The first kappa shape index (κ1) is 72.2. The first-order chi connectivity index (χ1) is 46.2. The van der Waals surface area contributed by atoms with Gasteiger partial charge in [0.1, 0.15) is 47.6 Å². The lowest BCUT2D eigenvalue weighted by Crippen LogP contribution is -2.55. The molecule has 0 spiro atoms. The minimum Gasteiger partial charge on any atom is -0.507 e. The number of hydrogen-bond donors (Lipinski definition) is 8. The van der Waals surface area contributed by atoms with Gasteiger partial charge in [-0.15, -0.1) is 0 Å². The number of ether oxygens (including phenoxy) is 8. The quantitative estimate of drug-likeness (QED) is 0.0230. The summed E-state index contributed by atoms with van der Waals surface area (Å²) in [5, 5.41) is 47.4. The van der Waals surface area contributed by atoms with Crippen molar-refractivity contribution < 1.29 is 106 Å². The number of nitrogens with one attached hydrogen (secondary N) is 4. The number of unbranched alkanes of at least 4 members (excludes halogenated alkanes) is 2. The number of imide groups is 1. The molecular formula is C66H83N9O22. The zero-order valence-electron chi connectivity index (χ0n) is 55.0. The second-order valence-corrected chi connectivity index (χ2v) is 25.0. The Labute approximate surface area is 558 Å². The molecular weight excluding hydrogens is 1270 g/mol. The largest absolute Gasteiger partial charge is 0.507 e. The monoisotopic (exact) mass is 1350 g/mol. The Morgan fingerprint density at radius 1 is 0.825 bits per heavy atom. The smallest absolute Gasteiger partial charge is 0.409 e. The van der Waals surface area contributed by atoms with Crippen molar-refractivity contribution >= 4 is 70.8 Å². The van der Waals surface area contributed by atoms with Crippen molar-refractivity contribution in [2.75, 3.05) is 79.6 Å². The highest BCUT2D eigenvalue weighted by molar-refractivity contribution is 6.31. The van der Waals surface area contributed by atoms with Crippen LogP contribution < -0.4 is 31.7 Å². The van der Waals surface area contributed by atoms with Crippen LogP contribution in [0.1, 0.15) is 127 Å². The van der Waals surface area contributed by atoms with E-state index in [0.717, 1.165) is 9.80 Å². The van der Waals surface area contributed by atoms with Crippen LogP contribution in [-0.2, 0) is 75.0 Å². The summed E-state index contributed by atoms with van der Waals surface area (Å²) in [5.41, 5.74) is 1.77.